The van der Waals surface area contributed by atoms with E-state index in [-0.39, 0.29) is 29.9 Å². The first-order valence-electron chi connectivity index (χ1n) is 10.6. The molecule has 0 spiro atoms. The number of ether oxygens (including phenoxy) is 2. The van der Waals surface area contributed by atoms with Crippen molar-refractivity contribution in [1.29, 1.82) is 0 Å². The van der Waals surface area contributed by atoms with E-state index in [1.807, 2.05) is 0 Å². The molecule has 35 heavy (non-hydrogen) atoms. The molecule has 7 nitrogen and oxygen atoms in total. The van der Waals surface area contributed by atoms with Gasteiger partial charge in [-0.05, 0) is 61.5 Å². The fraction of sp³-hybridized carbons (Fsp3) is 0.160. The number of rotatable bonds is 7. The maximum absolute atomic E-state index is 13.3. The monoisotopic (exact) mass is 482 g/mol. The summed E-state index contributed by atoms with van der Waals surface area (Å²) in [6, 6.07) is 18.2. The Morgan fingerprint density at radius 3 is 2.46 bits per heavy atom. The smallest absolute Gasteiger partial charge is 0.416 e. The van der Waals surface area contributed by atoms with E-state index in [0.29, 0.717) is 22.7 Å². The van der Waals surface area contributed by atoms with Gasteiger partial charge in [-0.3, -0.25) is 4.79 Å². The van der Waals surface area contributed by atoms with Crippen LogP contribution in [0.1, 0.15) is 22.8 Å². The normalized spacial score (nSPS) is 11.2. The molecule has 0 atom stereocenters. The summed E-state index contributed by atoms with van der Waals surface area (Å²) < 4.78 is 51.7. The number of carbonyl (C=O) groups is 1. The fourth-order valence-corrected chi connectivity index (χ4v) is 3.35. The summed E-state index contributed by atoms with van der Waals surface area (Å²) in [5.74, 6) is 0.455. The van der Waals surface area contributed by atoms with E-state index in [0.717, 1.165) is 12.1 Å². The average molecular weight is 482 g/mol. The minimum Gasteiger partial charge on any atom is -0.497 e. The zero-order valence-electron chi connectivity index (χ0n) is 18.8. The van der Waals surface area contributed by atoms with Crippen LogP contribution in [0.4, 0.5) is 18.9 Å². The molecule has 4 aromatic rings. The van der Waals surface area contributed by atoms with Crippen LogP contribution in [0.2, 0.25) is 0 Å². The number of halogens is 3. The van der Waals surface area contributed by atoms with Gasteiger partial charge in [-0.25, -0.2) is 4.68 Å². The topological polar surface area (TPSA) is 78.3 Å². The van der Waals surface area contributed by atoms with Crippen molar-refractivity contribution in [2.24, 2.45) is 0 Å². The number of amides is 1. The van der Waals surface area contributed by atoms with Crippen molar-refractivity contribution in [3.63, 3.8) is 0 Å². The molecule has 0 aliphatic rings. The Bertz CT molecular complexity index is 1330. The summed E-state index contributed by atoms with van der Waals surface area (Å²) in [5.41, 5.74) is 0.782. The number of carbonyl (C=O) groups excluding carboxylic acids is 1. The molecule has 3 aromatic carbocycles. The summed E-state index contributed by atoms with van der Waals surface area (Å²) in [6.07, 6.45) is -4.50. The third kappa shape index (κ3) is 5.43. The predicted molar refractivity (Wildman–Crippen MR) is 124 cm³/mol. The maximum Gasteiger partial charge on any atom is 0.416 e. The molecule has 0 saturated carbocycles. The lowest BCUT2D eigenvalue weighted by atomic mass is 10.1. The van der Waals surface area contributed by atoms with E-state index >= 15 is 0 Å². The van der Waals surface area contributed by atoms with E-state index < -0.39 is 11.7 Å². The summed E-state index contributed by atoms with van der Waals surface area (Å²) in [7, 11) is 1.54. The van der Waals surface area contributed by atoms with Crippen LogP contribution in [0.5, 0.6) is 11.8 Å². The highest BCUT2D eigenvalue weighted by molar-refractivity contribution is 6.04. The quantitative estimate of drug-likeness (QED) is 0.370. The molecule has 0 fully saturated rings. The molecule has 1 aromatic heterocycles. The van der Waals surface area contributed by atoms with Crippen LogP contribution in [0, 0.1) is 0 Å². The molecule has 0 aliphatic heterocycles. The van der Waals surface area contributed by atoms with Crippen molar-refractivity contribution < 1.29 is 27.4 Å². The van der Waals surface area contributed by atoms with Gasteiger partial charge < -0.3 is 14.8 Å². The second-order valence-corrected chi connectivity index (χ2v) is 7.37. The lowest BCUT2D eigenvalue weighted by Crippen LogP contribution is -2.12. The second kappa shape index (κ2) is 9.88. The molecule has 0 radical (unpaired) electrons. The van der Waals surface area contributed by atoms with Crippen molar-refractivity contribution in [3.8, 4) is 28.8 Å². The third-order valence-corrected chi connectivity index (χ3v) is 5.01. The summed E-state index contributed by atoms with van der Waals surface area (Å²) in [6.45, 7) is 2.03. The van der Waals surface area contributed by atoms with Gasteiger partial charge in [-0.1, -0.05) is 18.2 Å². The Labute approximate surface area is 199 Å². The van der Waals surface area contributed by atoms with Gasteiger partial charge in [-0.2, -0.15) is 18.2 Å². The number of nitrogens with one attached hydrogen (secondary N) is 1. The molecule has 1 N–H and O–H groups in total. The third-order valence-electron chi connectivity index (χ3n) is 5.01. The molecule has 0 saturated heterocycles. The second-order valence-electron chi connectivity index (χ2n) is 7.37. The van der Waals surface area contributed by atoms with Crippen LogP contribution < -0.4 is 14.8 Å². The Hall–Kier alpha value is -4.34. The van der Waals surface area contributed by atoms with Gasteiger partial charge in [0.1, 0.15) is 5.75 Å². The standard InChI is InChI=1S/C25H21F3N4O3/c1-3-35-24-30-22(17-6-4-7-18(14-17)25(26,27)28)32(31-24)20-9-5-8-19(15-20)29-23(33)16-10-12-21(34-2)13-11-16/h4-15H,3H2,1-2H3,(H,29,33). The SMILES string of the molecule is CCOc1nc(-c2cccc(C(F)(F)F)c2)n(-c2cccc(NC(=O)c3ccc(OC)cc3)c2)n1. The number of alkyl halides is 3. The first kappa shape index (κ1) is 23.8. The molecule has 0 unspecified atom stereocenters. The van der Waals surface area contributed by atoms with Crippen molar-refractivity contribution in [2.75, 3.05) is 19.0 Å². The molecule has 180 valence electrons. The number of nitrogens with zero attached hydrogens (tertiary/aromatic N) is 3. The minimum absolute atomic E-state index is 0.0209. The fourth-order valence-electron chi connectivity index (χ4n) is 3.35. The van der Waals surface area contributed by atoms with Gasteiger partial charge in [0.25, 0.3) is 5.91 Å². The molecular formula is C25H21F3N4O3. The van der Waals surface area contributed by atoms with Gasteiger partial charge >= 0.3 is 12.2 Å². The van der Waals surface area contributed by atoms with Crippen molar-refractivity contribution in [1.82, 2.24) is 14.8 Å². The zero-order chi connectivity index (χ0) is 25.0. The van der Waals surface area contributed by atoms with Gasteiger partial charge in [0.15, 0.2) is 5.82 Å². The van der Waals surface area contributed by atoms with E-state index in [2.05, 4.69) is 15.4 Å². The van der Waals surface area contributed by atoms with Gasteiger partial charge in [-0.15, -0.1) is 5.10 Å². The zero-order valence-corrected chi connectivity index (χ0v) is 18.8. The molecule has 1 heterocycles. The van der Waals surface area contributed by atoms with Gasteiger partial charge in [0.2, 0.25) is 0 Å². The number of benzene rings is 3. The van der Waals surface area contributed by atoms with E-state index in [4.69, 9.17) is 9.47 Å². The van der Waals surface area contributed by atoms with Crippen LogP contribution in [-0.4, -0.2) is 34.4 Å². The summed E-state index contributed by atoms with van der Waals surface area (Å²) in [5, 5.41) is 7.12. The Balaban J connectivity index is 1.68. The number of hydrogen-bond donors (Lipinski definition) is 1. The van der Waals surface area contributed by atoms with Crippen LogP contribution in [0.3, 0.4) is 0 Å². The van der Waals surface area contributed by atoms with Gasteiger partial charge in [0, 0.05) is 16.8 Å². The number of anilines is 1. The predicted octanol–water partition coefficient (Wildman–Crippen LogP) is 5.61. The maximum atomic E-state index is 13.3. The Kier molecular flexibility index (Phi) is 6.72. The lowest BCUT2D eigenvalue weighted by molar-refractivity contribution is -0.137. The average Bonchev–Trinajstić information content (AvgIpc) is 3.28. The number of aromatic nitrogens is 3. The molecule has 10 heteroatoms. The van der Waals surface area contributed by atoms with E-state index in [1.54, 1.807) is 55.5 Å². The first-order valence-corrected chi connectivity index (χ1v) is 10.6. The molecule has 0 aliphatic carbocycles. The van der Waals surface area contributed by atoms with Crippen LogP contribution in [-0.2, 0) is 6.18 Å². The number of hydrogen-bond acceptors (Lipinski definition) is 5. The van der Waals surface area contributed by atoms with Crippen molar-refractivity contribution >= 4 is 11.6 Å². The van der Waals surface area contributed by atoms with E-state index in [1.165, 1.54) is 23.9 Å². The highest BCUT2D eigenvalue weighted by atomic mass is 19.4. The summed E-state index contributed by atoms with van der Waals surface area (Å²) in [4.78, 5) is 16.9. The Morgan fingerprint density at radius 2 is 1.77 bits per heavy atom. The van der Waals surface area contributed by atoms with Gasteiger partial charge in [0.05, 0.1) is 25.0 Å². The highest BCUT2D eigenvalue weighted by Gasteiger charge is 2.31. The molecule has 4 rings (SSSR count). The van der Waals surface area contributed by atoms with Crippen molar-refractivity contribution in [3.05, 3.63) is 83.9 Å². The summed E-state index contributed by atoms with van der Waals surface area (Å²) >= 11 is 0. The molecular weight excluding hydrogens is 461 g/mol. The number of methoxy groups -OCH3 is 1. The molecule has 1 amide bonds. The first-order chi connectivity index (χ1) is 16.8. The van der Waals surface area contributed by atoms with Crippen molar-refractivity contribution in [2.45, 2.75) is 13.1 Å². The lowest BCUT2D eigenvalue weighted by Gasteiger charge is -2.11. The largest absolute Gasteiger partial charge is 0.497 e. The Morgan fingerprint density at radius 1 is 1.03 bits per heavy atom. The van der Waals surface area contributed by atoms with Crippen LogP contribution >= 0.6 is 0 Å². The van der Waals surface area contributed by atoms with Crippen LogP contribution in [0.15, 0.2) is 72.8 Å². The molecule has 0 bridgehead atoms. The minimum atomic E-state index is -4.50. The van der Waals surface area contributed by atoms with E-state index in [9.17, 15) is 18.0 Å². The van der Waals surface area contributed by atoms with Crippen LogP contribution in [0.25, 0.3) is 17.1 Å². The highest BCUT2D eigenvalue weighted by Crippen LogP contribution is 2.33.